The number of hydrogen-bond acceptors (Lipinski definition) is 5. The second kappa shape index (κ2) is 12.1. The van der Waals surface area contributed by atoms with Gasteiger partial charge < -0.3 is 15.1 Å². The first kappa shape index (κ1) is 27.1. The molecule has 1 amide bonds. The van der Waals surface area contributed by atoms with Gasteiger partial charge in [-0.25, -0.2) is 8.78 Å². The second-order valence-electron chi connectivity index (χ2n) is 10.0. The lowest BCUT2D eigenvalue weighted by Gasteiger charge is -2.38. The molecule has 2 aliphatic heterocycles. The highest BCUT2D eigenvalue weighted by Crippen LogP contribution is 2.27. The molecule has 5 rings (SSSR count). The largest absolute Gasteiger partial charge is 0.367 e. The topological polar surface area (TPSA) is 62.6 Å². The van der Waals surface area contributed by atoms with E-state index in [0.29, 0.717) is 61.8 Å². The van der Waals surface area contributed by atoms with E-state index in [4.69, 9.17) is 11.6 Å². The van der Waals surface area contributed by atoms with Crippen LogP contribution in [0.25, 0.3) is 0 Å². The lowest BCUT2D eigenvalue weighted by atomic mass is 10.1. The first-order chi connectivity index (χ1) is 18.9. The number of piperazine rings is 1. The number of nitriles is 1. The van der Waals surface area contributed by atoms with Crippen molar-refractivity contribution in [2.75, 3.05) is 37.6 Å². The highest BCUT2D eigenvalue weighted by atomic mass is 35.5. The third kappa shape index (κ3) is 6.22. The predicted octanol–water partition coefficient (Wildman–Crippen LogP) is 4.57. The molecular weight excluding hydrogens is 520 g/mol. The molecule has 2 atom stereocenters. The quantitative estimate of drug-likeness (QED) is 0.468. The van der Waals surface area contributed by atoms with Crippen LogP contribution in [0.4, 0.5) is 14.5 Å². The van der Waals surface area contributed by atoms with Gasteiger partial charge in [0.2, 0.25) is 5.91 Å². The Bertz CT molecular complexity index is 1370. The average molecular weight is 550 g/mol. The number of para-hydroxylation sites is 1. The fraction of sp³-hybridized carbons (Fsp3) is 0.333. The summed E-state index contributed by atoms with van der Waals surface area (Å²) in [6.07, 6.45) is 0.573. The highest BCUT2D eigenvalue weighted by molar-refractivity contribution is 6.31. The molecule has 0 radical (unpaired) electrons. The Morgan fingerprint density at radius 3 is 2.49 bits per heavy atom. The van der Waals surface area contributed by atoms with Crippen LogP contribution in [0, 0.1) is 23.0 Å². The molecule has 0 aliphatic carbocycles. The van der Waals surface area contributed by atoms with Crippen LogP contribution in [0.1, 0.15) is 23.1 Å². The fourth-order valence-electron chi connectivity index (χ4n) is 5.47. The number of carbonyl (C=O) groups is 1. The van der Waals surface area contributed by atoms with Gasteiger partial charge in [-0.15, -0.1) is 0 Å². The zero-order chi connectivity index (χ0) is 27.4. The Labute approximate surface area is 232 Å². The zero-order valence-corrected chi connectivity index (χ0v) is 22.2. The average Bonchev–Trinajstić information content (AvgIpc) is 3.36. The molecule has 3 aromatic carbocycles. The van der Waals surface area contributed by atoms with E-state index in [-0.39, 0.29) is 24.5 Å². The molecule has 39 heavy (non-hydrogen) atoms. The monoisotopic (exact) mass is 549 g/mol. The van der Waals surface area contributed by atoms with Crippen LogP contribution in [0.3, 0.4) is 0 Å². The molecule has 9 heteroatoms. The third-order valence-electron chi connectivity index (χ3n) is 7.57. The van der Waals surface area contributed by atoms with Crippen molar-refractivity contribution >= 4 is 23.2 Å². The van der Waals surface area contributed by atoms with Crippen molar-refractivity contribution < 1.29 is 13.6 Å². The maximum Gasteiger partial charge on any atom is 0.240 e. The van der Waals surface area contributed by atoms with Crippen molar-refractivity contribution in [1.29, 1.82) is 5.26 Å². The minimum absolute atomic E-state index is 0.0466. The number of rotatable bonds is 7. The molecule has 0 bridgehead atoms. The van der Waals surface area contributed by atoms with Gasteiger partial charge in [-0.3, -0.25) is 9.69 Å². The molecule has 0 aromatic heterocycles. The van der Waals surface area contributed by atoms with Crippen LogP contribution >= 0.6 is 11.6 Å². The van der Waals surface area contributed by atoms with Crippen molar-refractivity contribution in [2.45, 2.75) is 31.6 Å². The van der Waals surface area contributed by atoms with Crippen LogP contribution in [0.5, 0.6) is 0 Å². The molecule has 202 valence electrons. The molecule has 2 aliphatic rings. The number of nitrogens with zero attached hydrogens (tertiary/aromatic N) is 4. The molecule has 0 spiro atoms. The van der Waals surface area contributed by atoms with Crippen LogP contribution in [-0.4, -0.2) is 60.5 Å². The van der Waals surface area contributed by atoms with Crippen LogP contribution < -0.4 is 10.2 Å². The van der Waals surface area contributed by atoms with Crippen molar-refractivity contribution in [3.05, 3.63) is 100 Å². The van der Waals surface area contributed by atoms with Crippen molar-refractivity contribution in [3.8, 4) is 6.07 Å². The summed E-state index contributed by atoms with van der Waals surface area (Å²) in [6, 6.07) is 20.6. The molecule has 2 unspecified atom stereocenters. The van der Waals surface area contributed by atoms with Gasteiger partial charge >= 0.3 is 0 Å². The molecule has 2 heterocycles. The van der Waals surface area contributed by atoms with E-state index in [1.54, 1.807) is 0 Å². The van der Waals surface area contributed by atoms with Crippen molar-refractivity contribution in [3.63, 3.8) is 0 Å². The zero-order valence-electron chi connectivity index (χ0n) is 21.5. The molecule has 3 aromatic rings. The maximum absolute atomic E-state index is 14.2. The summed E-state index contributed by atoms with van der Waals surface area (Å²) in [4.78, 5) is 20.0. The maximum atomic E-state index is 14.2. The Balaban J connectivity index is 1.27. The van der Waals surface area contributed by atoms with E-state index in [0.717, 1.165) is 17.3 Å². The Hall–Kier alpha value is -3.51. The number of anilines is 1. The van der Waals surface area contributed by atoms with E-state index >= 15 is 0 Å². The first-order valence-corrected chi connectivity index (χ1v) is 13.5. The van der Waals surface area contributed by atoms with Gasteiger partial charge in [0.15, 0.2) is 0 Å². The summed E-state index contributed by atoms with van der Waals surface area (Å²) in [7, 11) is 0. The predicted molar refractivity (Wildman–Crippen MR) is 147 cm³/mol. The van der Waals surface area contributed by atoms with Crippen LogP contribution in [0.2, 0.25) is 5.02 Å². The summed E-state index contributed by atoms with van der Waals surface area (Å²) >= 11 is 6.45. The molecule has 1 N–H and O–H groups in total. The van der Waals surface area contributed by atoms with Crippen LogP contribution in [-0.2, 0) is 17.9 Å². The third-order valence-corrected chi connectivity index (χ3v) is 7.94. The van der Waals surface area contributed by atoms with E-state index in [2.05, 4.69) is 21.2 Å². The number of likely N-dealkylation sites (tertiary alicyclic amines) is 1. The smallest absolute Gasteiger partial charge is 0.240 e. The Kier molecular flexibility index (Phi) is 8.41. The minimum atomic E-state index is -0.607. The number of amides is 1. The SMILES string of the molecule is N#Cc1ccccc1N1CCN(C(=O)C2CC(NCc3ccc(F)cc3F)CN2Cc2ccccc2Cl)CC1. The first-order valence-electron chi connectivity index (χ1n) is 13.1. The summed E-state index contributed by atoms with van der Waals surface area (Å²) in [5.41, 5.74) is 2.86. The van der Waals surface area contributed by atoms with Crippen LogP contribution in [0.15, 0.2) is 66.7 Å². The normalized spacial score (nSPS) is 19.7. The summed E-state index contributed by atoms with van der Waals surface area (Å²) in [6.45, 7) is 3.78. The van der Waals surface area contributed by atoms with Crippen molar-refractivity contribution in [1.82, 2.24) is 15.1 Å². The molecule has 6 nitrogen and oxygen atoms in total. The van der Waals surface area contributed by atoms with E-state index in [1.807, 2.05) is 53.4 Å². The molecular formula is C30H30ClF2N5O. The Morgan fingerprint density at radius 2 is 1.74 bits per heavy atom. The molecule has 2 saturated heterocycles. The summed E-state index contributed by atoms with van der Waals surface area (Å²) in [5, 5.41) is 13.5. The lowest BCUT2D eigenvalue weighted by Crippen LogP contribution is -2.53. The second-order valence-corrected chi connectivity index (χ2v) is 10.4. The van der Waals surface area contributed by atoms with E-state index in [9.17, 15) is 18.8 Å². The standard InChI is InChI=1S/C30H30ClF2N5O/c31-26-7-3-1-6-23(26)19-38-20-25(35-18-22-9-10-24(32)15-27(22)33)16-29(38)30(39)37-13-11-36(12-14-37)28-8-4-2-5-21(28)17-34/h1-10,15,25,29,35H,11-14,16,18-20H2. The number of hydrogen-bond donors (Lipinski definition) is 1. The molecule has 2 fully saturated rings. The Morgan fingerprint density at radius 1 is 1.00 bits per heavy atom. The van der Waals surface area contributed by atoms with Gasteiger partial charge in [0.25, 0.3) is 0 Å². The number of carbonyl (C=O) groups excluding carboxylic acids is 1. The summed E-state index contributed by atoms with van der Waals surface area (Å²) in [5.74, 6) is -1.13. The van der Waals surface area contributed by atoms with E-state index in [1.165, 1.54) is 12.1 Å². The van der Waals surface area contributed by atoms with Gasteiger partial charge in [0.05, 0.1) is 17.3 Å². The lowest BCUT2D eigenvalue weighted by molar-refractivity contribution is -0.136. The van der Waals surface area contributed by atoms with Gasteiger partial charge in [-0.1, -0.05) is 48.0 Å². The minimum Gasteiger partial charge on any atom is -0.367 e. The number of benzene rings is 3. The van der Waals surface area contributed by atoms with Crippen molar-refractivity contribution in [2.24, 2.45) is 0 Å². The molecule has 0 saturated carbocycles. The fourth-order valence-corrected chi connectivity index (χ4v) is 5.67. The summed E-state index contributed by atoms with van der Waals surface area (Å²) < 4.78 is 27.5. The van der Waals surface area contributed by atoms with Gasteiger partial charge in [0.1, 0.15) is 17.7 Å². The van der Waals surface area contributed by atoms with Gasteiger partial charge in [-0.05, 0) is 36.2 Å². The van der Waals surface area contributed by atoms with E-state index < -0.39 is 11.6 Å². The number of nitrogens with one attached hydrogen (secondary N) is 1. The highest BCUT2D eigenvalue weighted by Gasteiger charge is 2.39. The van der Waals surface area contributed by atoms with Gasteiger partial charge in [-0.2, -0.15) is 5.26 Å². The number of halogens is 3. The van der Waals surface area contributed by atoms with Gasteiger partial charge in [0, 0.05) is 68.5 Å².